The number of nitrogens with two attached hydrogens (primary N) is 1. The van der Waals surface area contributed by atoms with Gasteiger partial charge in [0, 0.05) is 13.1 Å². The van der Waals surface area contributed by atoms with Crippen molar-refractivity contribution < 1.29 is 9.21 Å². The number of furan rings is 1. The summed E-state index contributed by atoms with van der Waals surface area (Å²) in [5.74, 6) is 7.23. The van der Waals surface area contributed by atoms with Crippen LogP contribution in [0.25, 0.3) is 11.6 Å². The summed E-state index contributed by atoms with van der Waals surface area (Å²) in [6, 6.07) is 13.4. The van der Waals surface area contributed by atoms with Gasteiger partial charge in [0.05, 0.1) is 12.0 Å². The maximum Gasteiger partial charge on any atom is 0.233 e. The minimum atomic E-state index is 0.0268. The lowest BCUT2D eigenvalue weighted by atomic mass is 10.2. The van der Waals surface area contributed by atoms with Crippen LogP contribution in [0.3, 0.4) is 0 Å². The Labute approximate surface area is 149 Å². The number of rotatable bonds is 7. The Hall–Kier alpha value is -2.74. The molecule has 0 spiro atoms. The molecule has 1 aromatic carbocycles. The molecule has 130 valence electrons. The largest absolute Gasteiger partial charge is 0.461 e. The van der Waals surface area contributed by atoms with Crippen LogP contribution in [0, 0.1) is 0 Å². The first-order valence-corrected chi connectivity index (χ1v) is 8.86. The third-order valence-electron chi connectivity index (χ3n) is 3.68. The molecule has 0 unspecified atom stereocenters. The topological polar surface area (TPSA) is 90.2 Å². The van der Waals surface area contributed by atoms with Gasteiger partial charge in [0.25, 0.3) is 0 Å². The van der Waals surface area contributed by atoms with Gasteiger partial charge in [-0.05, 0) is 24.6 Å². The minimum Gasteiger partial charge on any atom is -0.461 e. The molecule has 2 heterocycles. The Morgan fingerprint density at radius 1 is 1.24 bits per heavy atom. The average Bonchev–Trinajstić information content (AvgIpc) is 3.28. The average molecular weight is 357 g/mol. The second-order valence-electron chi connectivity index (χ2n) is 5.34. The number of thioether (sulfide) groups is 1. The van der Waals surface area contributed by atoms with E-state index in [4.69, 9.17) is 10.3 Å². The van der Waals surface area contributed by atoms with Crippen LogP contribution < -0.4 is 5.84 Å². The number of hydrogen-bond donors (Lipinski definition) is 1. The van der Waals surface area contributed by atoms with E-state index in [1.165, 1.54) is 16.4 Å². The molecule has 0 bridgehead atoms. The fourth-order valence-electron chi connectivity index (χ4n) is 2.35. The van der Waals surface area contributed by atoms with Gasteiger partial charge in [-0.25, -0.2) is 4.68 Å². The first-order valence-electron chi connectivity index (χ1n) is 7.88. The Balaban J connectivity index is 1.61. The summed E-state index contributed by atoms with van der Waals surface area (Å²) in [7, 11) is 0. The predicted octanol–water partition coefficient (Wildman–Crippen LogP) is 2.39. The van der Waals surface area contributed by atoms with E-state index in [9.17, 15) is 4.79 Å². The third kappa shape index (κ3) is 4.03. The highest BCUT2D eigenvalue weighted by Gasteiger charge is 2.17. The van der Waals surface area contributed by atoms with Crippen molar-refractivity contribution in [2.75, 3.05) is 18.1 Å². The van der Waals surface area contributed by atoms with Gasteiger partial charge in [-0.15, -0.1) is 10.2 Å². The molecule has 0 saturated carbocycles. The Kier molecular flexibility index (Phi) is 5.39. The molecule has 0 radical (unpaired) electrons. The summed E-state index contributed by atoms with van der Waals surface area (Å²) in [6.45, 7) is 3.19. The van der Waals surface area contributed by atoms with Crippen LogP contribution >= 0.6 is 11.8 Å². The SMILES string of the molecule is CCN(Cc1ccccc1)C(=O)CSc1nnc(-c2ccco2)n1N. The predicted molar refractivity (Wildman–Crippen MR) is 96.1 cm³/mol. The molecule has 0 aliphatic carbocycles. The highest BCUT2D eigenvalue weighted by Crippen LogP contribution is 2.22. The van der Waals surface area contributed by atoms with Crippen LogP contribution in [0.1, 0.15) is 12.5 Å². The molecule has 0 atom stereocenters. The van der Waals surface area contributed by atoms with Crippen molar-refractivity contribution in [1.82, 2.24) is 19.8 Å². The van der Waals surface area contributed by atoms with Gasteiger partial charge < -0.3 is 15.2 Å². The number of nitrogens with zero attached hydrogens (tertiary/aromatic N) is 4. The first kappa shape index (κ1) is 17.1. The smallest absolute Gasteiger partial charge is 0.233 e. The van der Waals surface area contributed by atoms with Gasteiger partial charge >= 0.3 is 0 Å². The molecule has 3 aromatic rings. The van der Waals surface area contributed by atoms with Crippen molar-refractivity contribution >= 4 is 17.7 Å². The van der Waals surface area contributed by atoms with E-state index in [1.807, 2.05) is 37.3 Å². The third-order valence-corrected chi connectivity index (χ3v) is 4.61. The number of hydrogen-bond acceptors (Lipinski definition) is 6. The molecule has 0 aliphatic rings. The molecule has 8 heteroatoms. The van der Waals surface area contributed by atoms with Gasteiger partial charge in [0.15, 0.2) is 5.76 Å². The van der Waals surface area contributed by atoms with E-state index in [1.54, 1.807) is 23.3 Å². The lowest BCUT2D eigenvalue weighted by Gasteiger charge is -2.20. The van der Waals surface area contributed by atoms with E-state index in [2.05, 4.69) is 10.2 Å². The van der Waals surface area contributed by atoms with E-state index in [0.29, 0.717) is 29.8 Å². The zero-order chi connectivity index (χ0) is 17.6. The van der Waals surface area contributed by atoms with E-state index in [0.717, 1.165) is 5.56 Å². The Morgan fingerprint density at radius 2 is 2.04 bits per heavy atom. The van der Waals surface area contributed by atoms with E-state index in [-0.39, 0.29) is 11.7 Å². The molecule has 2 N–H and O–H groups in total. The molecule has 0 saturated heterocycles. The molecule has 7 nitrogen and oxygen atoms in total. The molecular weight excluding hydrogens is 338 g/mol. The number of aromatic nitrogens is 3. The highest BCUT2D eigenvalue weighted by molar-refractivity contribution is 7.99. The van der Waals surface area contributed by atoms with Crippen LogP contribution in [0.5, 0.6) is 0 Å². The number of carbonyl (C=O) groups is 1. The lowest BCUT2D eigenvalue weighted by molar-refractivity contribution is -0.128. The molecule has 0 aliphatic heterocycles. The normalized spacial score (nSPS) is 10.8. The summed E-state index contributed by atoms with van der Waals surface area (Å²) in [5.41, 5.74) is 1.10. The summed E-state index contributed by atoms with van der Waals surface area (Å²) < 4.78 is 6.61. The van der Waals surface area contributed by atoms with Crippen LogP contribution in [-0.2, 0) is 11.3 Å². The standard InChI is InChI=1S/C17H19N5O2S/c1-2-21(11-13-7-4-3-5-8-13)15(23)12-25-17-20-19-16(22(17)18)14-9-6-10-24-14/h3-10H,2,11-12,18H2,1H3. The van der Waals surface area contributed by atoms with Crippen molar-refractivity contribution in [1.29, 1.82) is 0 Å². The zero-order valence-electron chi connectivity index (χ0n) is 13.8. The van der Waals surface area contributed by atoms with Crippen molar-refractivity contribution in [3.63, 3.8) is 0 Å². The zero-order valence-corrected chi connectivity index (χ0v) is 14.6. The maximum absolute atomic E-state index is 12.5. The molecular formula is C17H19N5O2S. The number of benzene rings is 1. The minimum absolute atomic E-state index is 0.0268. The molecule has 0 fully saturated rings. The fourth-order valence-corrected chi connectivity index (χ4v) is 3.11. The first-order chi connectivity index (χ1) is 12.2. The lowest BCUT2D eigenvalue weighted by Crippen LogP contribution is -2.31. The van der Waals surface area contributed by atoms with Gasteiger partial charge in [-0.2, -0.15) is 0 Å². The van der Waals surface area contributed by atoms with Crippen molar-refractivity contribution in [2.24, 2.45) is 0 Å². The highest BCUT2D eigenvalue weighted by atomic mass is 32.2. The van der Waals surface area contributed by atoms with E-state index >= 15 is 0 Å². The summed E-state index contributed by atoms with van der Waals surface area (Å²) in [5, 5.41) is 8.52. The van der Waals surface area contributed by atoms with Crippen LogP contribution in [0.4, 0.5) is 0 Å². The molecule has 25 heavy (non-hydrogen) atoms. The number of nitrogen functional groups attached to an aromatic ring is 1. The van der Waals surface area contributed by atoms with Gasteiger partial charge in [-0.1, -0.05) is 42.1 Å². The van der Waals surface area contributed by atoms with Crippen LogP contribution in [-0.4, -0.2) is 38.0 Å². The summed E-state index contributed by atoms with van der Waals surface area (Å²) >= 11 is 1.26. The second-order valence-corrected chi connectivity index (χ2v) is 6.28. The Bertz CT molecular complexity index is 817. The van der Waals surface area contributed by atoms with Crippen LogP contribution in [0.2, 0.25) is 0 Å². The van der Waals surface area contributed by atoms with E-state index < -0.39 is 0 Å². The number of carbonyl (C=O) groups excluding carboxylic acids is 1. The molecule has 1 amide bonds. The van der Waals surface area contributed by atoms with Gasteiger partial charge in [-0.3, -0.25) is 4.79 Å². The second kappa shape index (κ2) is 7.89. The van der Waals surface area contributed by atoms with Gasteiger partial charge in [0.1, 0.15) is 0 Å². The summed E-state index contributed by atoms with van der Waals surface area (Å²) in [4.78, 5) is 14.3. The van der Waals surface area contributed by atoms with Crippen molar-refractivity contribution in [3.05, 3.63) is 54.3 Å². The summed E-state index contributed by atoms with van der Waals surface area (Å²) in [6.07, 6.45) is 1.54. The van der Waals surface area contributed by atoms with Crippen LogP contribution in [0.15, 0.2) is 58.3 Å². The van der Waals surface area contributed by atoms with Crippen molar-refractivity contribution in [2.45, 2.75) is 18.6 Å². The Morgan fingerprint density at radius 3 is 2.72 bits per heavy atom. The monoisotopic (exact) mass is 357 g/mol. The number of amides is 1. The fraction of sp³-hybridized carbons (Fsp3) is 0.235. The maximum atomic E-state index is 12.5. The molecule has 2 aromatic heterocycles. The van der Waals surface area contributed by atoms with Gasteiger partial charge in [0.2, 0.25) is 16.9 Å². The quantitative estimate of drug-likeness (QED) is 0.516. The molecule has 3 rings (SSSR count). The van der Waals surface area contributed by atoms with Crippen molar-refractivity contribution in [3.8, 4) is 11.6 Å².